The Balaban J connectivity index is 1.34. The lowest BCUT2D eigenvalue weighted by Gasteiger charge is -2.39. The summed E-state index contributed by atoms with van der Waals surface area (Å²) in [6.07, 6.45) is 7.65. The molecule has 7 nitrogen and oxygen atoms in total. The SMILES string of the molecule is CC1CCN(N2CC(C)(C)c3ccc(NC(=O)c4cccnc4NCc4ccncc4)cc32)CC1. The predicted octanol–water partition coefficient (Wildman–Crippen LogP) is 5.09. The van der Waals surface area contributed by atoms with Crippen molar-refractivity contribution < 1.29 is 4.79 Å². The van der Waals surface area contributed by atoms with Crippen LogP contribution in [-0.4, -0.2) is 40.5 Å². The molecule has 0 atom stereocenters. The van der Waals surface area contributed by atoms with Gasteiger partial charge in [0.15, 0.2) is 0 Å². The normalized spacial score (nSPS) is 17.7. The van der Waals surface area contributed by atoms with Gasteiger partial charge in [-0.2, -0.15) is 0 Å². The Morgan fingerprint density at radius 1 is 1.09 bits per heavy atom. The third-order valence-electron chi connectivity index (χ3n) is 7.17. The first kappa shape index (κ1) is 23.3. The Hall–Kier alpha value is -3.45. The molecule has 7 heteroatoms. The van der Waals surface area contributed by atoms with Gasteiger partial charge in [-0.1, -0.05) is 26.8 Å². The van der Waals surface area contributed by atoms with E-state index in [9.17, 15) is 4.79 Å². The number of hydrogen-bond donors (Lipinski definition) is 2. The van der Waals surface area contributed by atoms with Crippen LogP contribution in [0.5, 0.6) is 0 Å². The first-order valence-electron chi connectivity index (χ1n) is 12.5. The number of hydrogen-bond acceptors (Lipinski definition) is 6. The molecular weight excluding hydrogens is 436 g/mol. The van der Waals surface area contributed by atoms with E-state index in [-0.39, 0.29) is 11.3 Å². The van der Waals surface area contributed by atoms with Gasteiger partial charge >= 0.3 is 0 Å². The summed E-state index contributed by atoms with van der Waals surface area (Å²) < 4.78 is 0. The van der Waals surface area contributed by atoms with Gasteiger partial charge in [-0.3, -0.25) is 9.78 Å². The summed E-state index contributed by atoms with van der Waals surface area (Å²) >= 11 is 0. The smallest absolute Gasteiger partial charge is 0.259 e. The lowest BCUT2D eigenvalue weighted by molar-refractivity contribution is 0.102. The average Bonchev–Trinajstić information content (AvgIpc) is 3.14. The molecule has 0 unspecified atom stereocenters. The van der Waals surface area contributed by atoms with E-state index in [2.05, 4.69) is 63.5 Å². The fraction of sp³-hybridized carbons (Fsp3) is 0.393. The van der Waals surface area contributed by atoms with Crippen molar-refractivity contribution in [1.29, 1.82) is 0 Å². The number of rotatable bonds is 6. The van der Waals surface area contributed by atoms with Gasteiger partial charge in [0.25, 0.3) is 5.91 Å². The molecule has 2 N–H and O–H groups in total. The number of carbonyl (C=O) groups excluding carboxylic acids is 1. The zero-order chi connectivity index (χ0) is 24.4. The molecule has 182 valence electrons. The number of amides is 1. The fourth-order valence-corrected chi connectivity index (χ4v) is 5.04. The number of carbonyl (C=O) groups is 1. The molecule has 3 aromatic rings. The van der Waals surface area contributed by atoms with Gasteiger partial charge in [0, 0.05) is 55.9 Å². The maximum absolute atomic E-state index is 13.3. The summed E-state index contributed by atoms with van der Waals surface area (Å²) in [6.45, 7) is 10.6. The van der Waals surface area contributed by atoms with E-state index >= 15 is 0 Å². The number of benzene rings is 1. The third kappa shape index (κ3) is 5.00. The number of aromatic nitrogens is 2. The molecule has 5 rings (SSSR count). The summed E-state index contributed by atoms with van der Waals surface area (Å²) in [4.78, 5) is 21.7. The minimum atomic E-state index is -0.175. The van der Waals surface area contributed by atoms with Crippen LogP contribution in [0.2, 0.25) is 0 Å². The van der Waals surface area contributed by atoms with Gasteiger partial charge in [-0.15, -0.1) is 0 Å². The number of pyridine rings is 2. The van der Waals surface area contributed by atoms with Crippen LogP contribution in [0.3, 0.4) is 0 Å². The van der Waals surface area contributed by atoms with Crippen LogP contribution in [0.4, 0.5) is 17.2 Å². The predicted molar refractivity (Wildman–Crippen MR) is 141 cm³/mol. The van der Waals surface area contributed by atoms with Gasteiger partial charge in [0.1, 0.15) is 5.82 Å². The lowest BCUT2D eigenvalue weighted by atomic mass is 9.87. The second kappa shape index (κ2) is 9.66. The highest BCUT2D eigenvalue weighted by atomic mass is 16.1. The Morgan fingerprint density at radius 3 is 2.63 bits per heavy atom. The molecule has 1 fully saturated rings. The first-order valence-corrected chi connectivity index (χ1v) is 12.5. The van der Waals surface area contributed by atoms with E-state index in [1.807, 2.05) is 18.2 Å². The largest absolute Gasteiger partial charge is 0.365 e. The van der Waals surface area contributed by atoms with E-state index in [0.717, 1.165) is 36.8 Å². The van der Waals surface area contributed by atoms with Crippen LogP contribution < -0.4 is 15.6 Å². The molecule has 35 heavy (non-hydrogen) atoms. The Kier molecular flexibility index (Phi) is 6.43. The van der Waals surface area contributed by atoms with E-state index in [1.165, 1.54) is 24.1 Å². The molecule has 2 aromatic heterocycles. The van der Waals surface area contributed by atoms with E-state index < -0.39 is 0 Å². The molecule has 2 aliphatic heterocycles. The average molecular weight is 471 g/mol. The minimum Gasteiger partial charge on any atom is -0.365 e. The quantitative estimate of drug-likeness (QED) is 0.523. The Morgan fingerprint density at radius 2 is 1.86 bits per heavy atom. The molecule has 0 spiro atoms. The number of nitrogens with zero attached hydrogens (tertiary/aromatic N) is 4. The second-order valence-corrected chi connectivity index (χ2v) is 10.4. The van der Waals surface area contributed by atoms with E-state index in [0.29, 0.717) is 17.9 Å². The molecule has 0 aliphatic carbocycles. The number of piperidine rings is 1. The van der Waals surface area contributed by atoms with Crippen LogP contribution >= 0.6 is 0 Å². The standard InChI is InChI=1S/C28H34N6O/c1-20-10-15-33(16-11-20)34-19-28(2,3)24-7-6-22(17-25(24)34)32-27(35)23-5-4-12-30-26(23)31-18-21-8-13-29-14-9-21/h4-9,12-14,17,20H,10-11,15-16,18-19H2,1-3H3,(H,30,31)(H,32,35). The zero-order valence-electron chi connectivity index (χ0n) is 20.8. The Bertz CT molecular complexity index is 1190. The Labute approximate surface area is 207 Å². The summed E-state index contributed by atoms with van der Waals surface area (Å²) in [5.41, 5.74) is 4.98. The summed E-state index contributed by atoms with van der Waals surface area (Å²) in [5.74, 6) is 1.17. The molecule has 0 bridgehead atoms. The van der Waals surface area contributed by atoms with Crippen LogP contribution in [-0.2, 0) is 12.0 Å². The zero-order valence-corrected chi connectivity index (χ0v) is 20.8. The van der Waals surface area contributed by atoms with Crippen molar-refractivity contribution in [3.8, 4) is 0 Å². The molecule has 1 saturated heterocycles. The van der Waals surface area contributed by atoms with Crippen molar-refractivity contribution in [1.82, 2.24) is 15.0 Å². The summed E-state index contributed by atoms with van der Waals surface area (Å²) in [6, 6.07) is 13.8. The maximum Gasteiger partial charge on any atom is 0.259 e. The highest BCUT2D eigenvalue weighted by Crippen LogP contribution is 2.43. The van der Waals surface area contributed by atoms with Crippen LogP contribution in [0.25, 0.3) is 0 Å². The van der Waals surface area contributed by atoms with E-state index in [1.54, 1.807) is 30.7 Å². The maximum atomic E-state index is 13.3. The van der Waals surface area contributed by atoms with Crippen molar-refractivity contribution in [2.24, 2.45) is 5.92 Å². The molecule has 1 amide bonds. The third-order valence-corrected chi connectivity index (χ3v) is 7.17. The monoisotopic (exact) mass is 470 g/mol. The van der Waals surface area contributed by atoms with E-state index in [4.69, 9.17) is 0 Å². The summed E-state index contributed by atoms with van der Waals surface area (Å²) in [5, 5.41) is 11.3. The second-order valence-electron chi connectivity index (χ2n) is 10.4. The van der Waals surface area contributed by atoms with Gasteiger partial charge in [0.2, 0.25) is 0 Å². The molecule has 2 aliphatic rings. The highest BCUT2D eigenvalue weighted by molar-refractivity contribution is 6.07. The topological polar surface area (TPSA) is 73.4 Å². The molecule has 0 saturated carbocycles. The first-order chi connectivity index (χ1) is 16.9. The fourth-order valence-electron chi connectivity index (χ4n) is 5.04. The van der Waals surface area contributed by atoms with Gasteiger partial charge < -0.3 is 15.6 Å². The van der Waals surface area contributed by atoms with Crippen LogP contribution in [0.1, 0.15) is 55.1 Å². The van der Waals surface area contributed by atoms with Gasteiger partial charge in [0.05, 0.1) is 11.3 Å². The lowest BCUT2D eigenvalue weighted by Crippen LogP contribution is -2.47. The van der Waals surface area contributed by atoms with Gasteiger partial charge in [-0.25, -0.2) is 9.99 Å². The van der Waals surface area contributed by atoms with Crippen molar-refractivity contribution >= 4 is 23.1 Å². The highest BCUT2D eigenvalue weighted by Gasteiger charge is 2.38. The van der Waals surface area contributed by atoms with Crippen molar-refractivity contribution in [3.63, 3.8) is 0 Å². The molecule has 1 aromatic carbocycles. The number of hydrazine groups is 1. The molecule has 4 heterocycles. The number of nitrogens with one attached hydrogen (secondary N) is 2. The van der Waals surface area contributed by atoms with Crippen LogP contribution in [0.15, 0.2) is 61.1 Å². The number of fused-ring (bicyclic) bond motifs is 1. The molecule has 0 radical (unpaired) electrons. The number of anilines is 3. The minimum absolute atomic E-state index is 0.0638. The van der Waals surface area contributed by atoms with Crippen molar-refractivity contribution in [2.45, 2.75) is 45.6 Å². The molecular formula is C28H34N6O. The van der Waals surface area contributed by atoms with Crippen molar-refractivity contribution in [2.75, 3.05) is 35.3 Å². The van der Waals surface area contributed by atoms with Crippen molar-refractivity contribution in [3.05, 3.63) is 77.7 Å². The summed E-state index contributed by atoms with van der Waals surface area (Å²) in [7, 11) is 0. The van der Waals surface area contributed by atoms with Gasteiger partial charge in [-0.05, 0) is 66.3 Å². The van der Waals surface area contributed by atoms with Crippen LogP contribution in [0, 0.1) is 5.92 Å².